The number of allylic oxidation sites excluding steroid dienone is 1. The Kier molecular flexibility index (Phi) is 5.08. The van der Waals surface area contributed by atoms with Gasteiger partial charge in [-0.15, -0.1) is 0 Å². The van der Waals surface area contributed by atoms with Crippen LogP contribution in [0.5, 0.6) is 0 Å². The molecule has 180 valence electrons. The molecule has 0 aliphatic heterocycles. The van der Waals surface area contributed by atoms with Crippen LogP contribution < -0.4 is 0 Å². The Morgan fingerprint density at radius 1 is 0.844 bits per heavy atom. The molecule has 0 bridgehead atoms. The van der Waals surface area contributed by atoms with E-state index in [1.165, 1.54) is 31.3 Å². The Morgan fingerprint density at radius 3 is 2.16 bits per heavy atom. The molecule has 5 saturated carbocycles. The minimum Gasteiger partial charge on any atom is -0.481 e. The lowest BCUT2D eigenvalue weighted by atomic mass is 9.36. The number of hydrogen-bond donors (Lipinski definition) is 2. The minimum atomic E-state index is -0.532. The zero-order valence-corrected chi connectivity index (χ0v) is 21.1. The number of carboxylic acids is 1. The molecule has 10 atom stereocenters. The average molecular weight is 443 g/mol. The molecule has 5 fully saturated rings. The van der Waals surface area contributed by atoms with Gasteiger partial charge in [-0.1, -0.05) is 39.8 Å². The molecule has 0 aromatic rings. The highest BCUT2D eigenvalue weighted by Gasteiger charge is 2.68. The highest BCUT2D eigenvalue weighted by molar-refractivity contribution is 5.76. The van der Waals surface area contributed by atoms with E-state index in [1.54, 1.807) is 0 Å². The maximum Gasteiger partial charge on any atom is 0.309 e. The van der Waals surface area contributed by atoms with Crippen LogP contribution in [0.3, 0.4) is 0 Å². The molecule has 0 heterocycles. The summed E-state index contributed by atoms with van der Waals surface area (Å²) in [7, 11) is 0. The molecular weight excluding hydrogens is 396 g/mol. The number of carboxylic acid groups (broad SMARTS) is 1. The Bertz CT molecular complexity index is 815. The van der Waals surface area contributed by atoms with E-state index < -0.39 is 11.4 Å². The van der Waals surface area contributed by atoms with Crippen molar-refractivity contribution < 1.29 is 15.0 Å². The molecule has 0 radical (unpaired) electrons. The molecule has 0 aromatic carbocycles. The van der Waals surface area contributed by atoms with E-state index in [1.807, 2.05) is 0 Å². The maximum atomic E-state index is 12.7. The zero-order chi connectivity index (χ0) is 23.3. The first kappa shape index (κ1) is 22.9. The molecule has 0 unspecified atom stereocenters. The summed E-state index contributed by atoms with van der Waals surface area (Å²) in [5.41, 5.74) is 1.30. The summed E-state index contributed by atoms with van der Waals surface area (Å²) < 4.78 is 0. The fraction of sp³-hybridized carbons (Fsp3) is 0.897. The first-order valence-corrected chi connectivity index (χ1v) is 13.5. The molecule has 5 aliphatic rings. The van der Waals surface area contributed by atoms with Gasteiger partial charge in [0.05, 0.1) is 11.5 Å². The van der Waals surface area contributed by atoms with E-state index in [0.29, 0.717) is 40.4 Å². The third-order valence-electron chi connectivity index (χ3n) is 12.6. The van der Waals surface area contributed by atoms with Gasteiger partial charge >= 0.3 is 5.97 Å². The van der Waals surface area contributed by atoms with Crippen LogP contribution in [-0.4, -0.2) is 22.3 Å². The number of rotatable bonds is 2. The number of fused-ring (bicyclic) bond motifs is 7. The molecule has 3 heteroatoms. The lowest BCUT2D eigenvalue weighted by Gasteiger charge is -2.69. The van der Waals surface area contributed by atoms with Crippen molar-refractivity contribution in [1.82, 2.24) is 0 Å². The van der Waals surface area contributed by atoms with E-state index >= 15 is 0 Å². The van der Waals surface area contributed by atoms with Crippen LogP contribution >= 0.6 is 0 Å². The molecule has 0 saturated heterocycles. The van der Waals surface area contributed by atoms with Crippen molar-refractivity contribution in [1.29, 1.82) is 0 Å². The van der Waals surface area contributed by atoms with Crippen LogP contribution in [0.25, 0.3) is 0 Å². The van der Waals surface area contributed by atoms with Crippen molar-refractivity contribution in [3.8, 4) is 0 Å². The summed E-state index contributed by atoms with van der Waals surface area (Å²) in [5.74, 6) is 2.60. The number of carbonyl (C=O) groups is 1. The Morgan fingerprint density at radius 2 is 1.50 bits per heavy atom. The van der Waals surface area contributed by atoms with Crippen LogP contribution in [0.4, 0.5) is 0 Å². The SMILES string of the molecule is C=C(C)[C@@H]1CC[C@]2(C(=O)O)CC[C@@H]3[C@H](CC[C@H]4[C@@]3(C)CC[C@H]3C(C)(C)[C@H](O)CC[C@]43C)[C@H]12. The summed E-state index contributed by atoms with van der Waals surface area (Å²) in [6.45, 7) is 16.2. The van der Waals surface area contributed by atoms with Crippen molar-refractivity contribution in [2.45, 2.75) is 105 Å². The van der Waals surface area contributed by atoms with Crippen LogP contribution in [0.15, 0.2) is 12.2 Å². The van der Waals surface area contributed by atoms with Crippen LogP contribution in [0, 0.1) is 57.2 Å². The third-order valence-corrected chi connectivity index (χ3v) is 12.6. The number of aliphatic hydroxyl groups is 1. The minimum absolute atomic E-state index is 0.00724. The summed E-state index contributed by atoms with van der Waals surface area (Å²) >= 11 is 0. The predicted molar refractivity (Wildman–Crippen MR) is 128 cm³/mol. The Hall–Kier alpha value is -0.830. The quantitative estimate of drug-likeness (QED) is 0.468. The molecule has 0 spiro atoms. The van der Waals surface area contributed by atoms with Crippen molar-refractivity contribution in [2.75, 3.05) is 0 Å². The average Bonchev–Trinajstić information content (AvgIpc) is 3.12. The van der Waals surface area contributed by atoms with Gasteiger partial charge in [-0.25, -0.2) is 0 Å². The van der Waals surface area contributed by atoms with Gasteiger partial charge < -0.3 is 10.2 Å². The molecule has 0 aromatic heterocycles. The summed E-state index contributed by atoms with van der Waals surface area (Å²) in [6.07, 6.45) is 10.6. The van der Waals surface area contributed by atoms with Gasteiger partial charge in [0, 0.05) is 0 Å². The number of aliphatic hydroxyl groups excluding tert-OH is 1. The Labute approximate surface area is 195 Å². The van der Waals surface area contributed by atoms with Gasteiger partial charge in [-0.05, 0) is 123 Å². The molecule has 3 nitrogen and oxygen atoms in total. The highest BCUT2D eigenvalue weighted by atomic mass is 16.4. The second-order valence-electron chi connectivity index (χ2n) is 13.9. The molecular formula is C29H46O3. The van der Waals surface area contributed by atoms with Crippen LogP contribution in [0.1, 0.15) is 98.8 Å². The second-order valence-corrected chi connectivity index (χ2v) is 13.9. The lowest BCUT2D eigenvalue weighted by Crippen LogP contribution is -2.63. The lowest BCUT2D eigenvalue weighted by molar-refractivity contribution is -0.217. The van der Waals surface area contributed by atoms with Gasteiger partial charge in [0.1, 0.15) is 0 Å². The molecule has 5 aliphatic carbocycles. The second kappa shape index (κ2) is 7.09. The maximum absolute atomic E-state index is 12.7. The monoisotopic (exact) mass is 442 g/mol. The molecule has 0 amide bonds. The first-order chi connectivity index (χ1) is 14.9. The fourth-order valence-corrected chi connectivity index (χ4v) is 11.2. The van der Waals surface area contributed by atoms with Crippen molar-refractivity contribution in [2.24, 2.45) is 57.2 Å². The number of aliphatic carboxylic acids is 1. The van der Waals surface area contributed by atoms with Gasteiger partial charge in [0.15, 0.2) is 0 Å². The topological polar surface area (TPSA) is 57.5 Å². The summed E-state index contributed by atoms with van der Waals surface area (Å²) in [4.78, 5) is 12.7. The normalized spacial score (nSPS) is 54.0. The molecule has 32 heavy (non-hydrogen) atoms. The van der Waals surface area contributed by atoms with Crippen molar-refractivity contribution in [3.05, 3.63) is 12.2 Å². The van der Waals surface area contributed by atoms with E-state index in [2.05, 4.69) is 41.2 Å². The summed E-state index contributed by atoms with van der Waals surface area (Å²) in [6, 6.07) is 0. The predicted octanol–water partition coefficient (Wildman–Crippen LogP) is 6.70. The van der Waals surface area contributed by atoms with Crippen molar-refractivity contribution >= 4 is 5.97 Å². The largest absolute Gasteiger partial charge is 0.481 e. The third kappa shape index (κ3) is 2.72. The van der Waals surface area contributed by atoms with Crippen LogP contribution in [0.2, 0.25) is 0 Å². The smallest absolute Gasteiger partial charge is 0.309 e. The van der Waals surface area contributed by atoms with Gasteiger partial charge in [0.2, 0.25) is 0 Å². The van der Waals surface area contributed by atoms with E-state index in [0.717, 1.165) is 38.5 Å². The highest BCUT2D eigenvalue weighted by Crippen LogP contribution is 2.73. The van der Waals surface area contributed by atoms with Gasteiger partial charge in [-0.3, -0.25) is 4.79 Å². The van der Waals surface area contributed by atoms with Crippen LogP contribution in [-0.2, 0) is 4.79 Å². The van der Waals surface area contributed by atoms with Gasteiger partial charge in [0.25, 0.3) is 0 Å². The fourth-order valence-electron chi connectivity index (χ4n) is 11.2. The summed E-state index contributed by atoms with van der Waals surface area (Å²) in [5, 5.41) is 21.2. The molecule has 5 rings (SSSR count). The van der Waals surface area contributed by atoms with Crippen molar-refractivity contribution in [3.63, 3.8) is 0 Å². The van der Waals surface area contributed by atoms with E-state index in [4.69, 9.17) is 0 Å². The van der Waals surface area contributed by atoms with E-state index in [-0.39, 0.29) is 17.4 Å². The van der Waals surface area contributed by atoms with E-state index in [9.17, 15) is 15.0 Å². The molecule has 2 N–H and O–H groups in total. The number of hydrogen-bond acceptors (Lipinski definition) is 2. The van der Waals surface area contributed by atoms with Gasteiger partial charge in [-0.2, -0.15) is 0 Å². The first-order valence-electron chi connectivity index (χ1n) is 13.5. The zero-order valence-electron chi connectivity index (χ0n) is 21.1. The standard InChI is InChI=1S/C29H46O3/c1-17(2)18-9-15-29(25(31)32)16-10-20-19(24(18)29)7-8-22-27(20,5)13-11-21-26(3,4)23(30)12-14-28(21,22)6/h18-24,30H,1,7-16H2,2-6H3,(H,31,32)/t18-,19-,20+,21-,22-,23+,24-,27-,28-,29-/m0/s1. The Balaban J connectivity index is 1.52.